The first-order valence-corrected chi connectivity index (χ1v) is 10.1. The van der Waals surface area contributed by atoms with E-state index in [-0.39, 0.29) is 36.0 Å². The van der Waals surface area contributed by atoms with Gasteiger partial charge in [0.05, 0.1) is 28.2 Å². The molecule has 0 aliphatic carbocycles. The molecule has 2 heterocycles. The number of hydrogen-bond donors (Lipinski definition) is 1. The molecule has 11 heteroatoms. The summed E-state index contributed by atoms with van der Waals surface area (Å²) in [6.45, 7) is 3.73. The highest BCUT2D eigenvalue weighted by atomic mass is 32.2. The number of thioether (sulfide) groups is 1. The highest BCUT2D eigenvalue weighted by molar-refractivity contribution is 7.99. The number of nitrogens with zero attached hydrogens (tertiary/aromatic N) is 2. The molecule has 2 aliphatic heterocycles. The third-order valence-electron chi connectivity index (χ3n) is 4.67. The molecule has 156 valence electrons. The first-order valence-electron chi connectivity index (χ1n) is 8.93. The van der Waals surface area contributed by atoms with Crippen LogP contribution in [0, 0.1) is 10.1 Å². The van der Waals surface area contributed by atoms with E-state index in [1.165, 1.54) is 24.1 Å². The fourth-order valence-corrected chi connectivity index (χ4v) is 3.57. The molecule has 10 nitrogen and oxygen atoms in total. The van der Waals surface area contributed by atoms with Crippen molar-refractivity contribution in [3.8, 4) is 11.5 Å². The number of benzene rings is 1. The Morgan fingerprint density at radius 1 is 1.41 bits per heavy atom. The lowest BCUT2D eigenvalue weighted by Crippen LogP contribution is -2.46. The van der Waals surface area contributed by atoms with Crippen LogP contribution in [0.25, 0.3) is 0 Å². The topological polar surface area (TPSA) is 120 Å². The van der Waals surface area contributed by atoms with Crippen molar-refractivity contribution >= 4 is 29.4 Å². The zero-order valence-electron chi connectivity index (χ0n) is 16.2. The Morgan fingerprint density at radius 3 is 2.76 bits per heavy atom. The van der Waals surface area contributed by atoms with Crippen LogP contribution >= 0.6 is 11.8 Å². The normalized spacial score (nSPS) is 18.0. The zero-order valence-corrected chi connectivity index (χ0v) is 17.0. The van der Waals surface area contributed by atoms with Crippen LogP contribution in [-0.2, 0) is 9.53 Å². The molecule has 1 aromatic carbocycles. The summed E-state index contributed by atoms with van der Waals surface area (Å²) in [7, 11) is 1.51. The fourth-order valence-electron chi connectivity index (χ4n) is 3.08. The van der Waals surface area contributed by atoms with Gasteiger partial charge in [-0.15, -0.1) is 0 Å². The van der Waals surface area contributed by atoms with Gasteiger partial charge < -0.3 is 24.4 Å². The highest BCUT2D eigenvalue weighted by Crippen LogP contribution is 2.43. The average Bonchev–Trinajstić information content (AvgIpc) is 3.15. The van der Waals surface area contributed by atoms with E-state index in [1.54, 1.807) is 18.7 Å². The molecule has 1 atom stereocenters. The molecular weight excluding hydrogens is 402 g/mol. The van der Waals surface area contributed by atoms with Crippen LogP contribution in [0.4, 0.5) is 10.5 Å². The second-order valence-corrected chi connectivity index (χ2v) is 7.69. The van der Waals surface area contributed by atoms with E-state index in [2.05, 4.69) is 5.32 Å². The third kappa shape index (κ3) is 4.09. The maximum absolute atomic E-state index is 12.8. The summed E-state index contributed by atoms with van der Waals surface area (Å²) in [5.41, 5.74) is 0.327. The fraction of sp³-hybridized carbons (Fsp3) is 0.444. The van der Waals surface area contributed by atoms with Gasteiger partial charge in [-0.05, 0) is 18.7 Å². The van der Waals surface area contributed by atoms with Gasteiger partial charge in [0.2, 0.25) is 6.79 Å². The number of esters is 1. The molecule has 0 saturated carbocycles. The SMILES string of the molecule is CCSCCOC(=O)C1=C(C)N(C)C(=O)NC1c1cc2c(cc1[N+](=O)[O-])OCO2. The number of fused-ring (bicyclic) bond motifs is 1. The number of carbonyl (C=O) groups is 2. The molecule has 0 aromatic heterocycles. The molecule has 0 bridgehead atoms. The van der Waals surface area contributed by atoms with Gasteiger partial charge in [0.1, 0.15) is 6.61 Å². The van der Waals surface area contributed by atoms with E-state index in [9.17, 15) is 19.7 Å². The van der Waals surface area contributed by atoms with Crippen molar-refractivity contribution in [2.24, 2.45) is 0 Å². The summed E-state index contributed by atoms with van der Waals surface area (Å²) in [6, 6.07) is 1.11. The molecular formula is C18H21N3O7S. The molecule has 0 saturated heterocycles. The van der Waals surface area contributed by atoms with Gasteiger partial charge >= 0.3 is 12.0 Å². The number of urea groups is 1. The van der Waals surface area contributed by atoms with Gasteiger partial charge in [-0.3, -0.25) is 10.1 Å². The van der Waals surface area contributed by atoms with Crippen molar-refractivity contribution in [1.82, 2.24) is 10.2 Å². The van der Waals surface area contributed by atoms with Gasteiger partial charge in [0.15, 0.2) is 11.5 Å². The monoisotopic (exact) mass is 423 g/mol. The number of ether oxygens (including phenoxy) is 3. The third-order valence-corrected chi connectivity index (χ3v) is 5.53. The summed E-state index contributed by atoms with van der Waals surface area (Å²) >= 11 is 1.62. The number of amides is 2. The number of carbonyl (C=O) groups excluding carboxylic acids is 2. The van der Waals surface area contributed by atoms with Crippen molar-refractivity contribution in [1.29, 1.82) is 0 Å². The molecule has 1 aromatic rings. The lowest BCUT2D eigenvalue weighted by atomic mass is 9.93. The minimum absolute atomic E-state index is 0.0609. The number of hydrogen-bond acceptors (Lipinski definition) is 8. The second-order valence-electron chi connectivity index (χ2n) is 6.29. The Balaban J connectivity index is 2.03. The summed E-state index contributed by atoms with van der Waals surface area (Å²) in [6.07, 6.45) is 0. The van der Waals surface area contributed by atoms with E-state index >= 15 is 0 Å². The van der Waals surface area contributed by atoms with Crippen LogP contribution in [0.1, 0.15) is 25.5 Å². The quantitative estimate of drug-likeness (QED) is 0.307. The van der Waals surface area contributed by atoms with Crippen LogP contribution < -0.4 is 14.8 Å². The number of nitrogens with one attached hydrogen (secondary N) is 1. The van der Waals surface area contributed by atoms with Gasteiger partial charge in [0, 0.05) is 18.5 Å². The molecule has 3 rings (SSSR count). The molecule has 0 spiro atoms. The summed E-state index contributed by atoms with van der Waals surface area (Å²) in [4.78, 5) is 37.5. The molecule has 2 amide bonds. The standard InChI is InChI=1S/C18H21N3O7S/c1-4-29-6-5-26-17(22)15-10(2)20(3)18(23)19-16(15)11-7-13-14(28-9-27-13)8-12(11)21(24)25/h7-8,16H,4-6,9H2,1-3H3,(H,19,23). The molecule has 29 heavy (non-hydrogen) atoms. The highest BCUT2D eigenvalue weighted by Gasteiger charge is 2.39. The van der Waals surface area contributed by atoms with Crippen molar-refractivity contribution in [3.05, 3.63) is 39.1 Å². The van der Waals surface area contributed by atoms with Crippen LogP contribution in [-0.4, -0.2) is 53.8 Å². The smallest absolute Gasteiger partial charge is 0.338 e. The molecule has 0 fully saturated rings. The Kier molecular flexibility index (Phi) is 6.16. The van der Waals surface area contributed by atoms with Gasteiger partial charge in [-0.25, -0.2) is 9.59 Å². The maximum Gasteiger partial charge on any atom is 0.338 e. The number of rotatable bonds is 7. The van der Waals surface area contributed by atoms with Crippen LogP contribution in [0.3, 0.4) is 0 Å². The predicted octanol–water partition coefficient (Wildman–Crippen LogP) is 2.59. The van der Waals surface area contributed by atoms with E-state index in [0.717, 1.165) is 5.75 Å². The van der Waals surface area contributed by atoms with Gasteiger partial charge in [-0.1, -0.05) is 6.92 Å². The molecule has 2 aliphatic rings. The van der Waals surface area contributed by atoms with E-state index < -0.39 is 23.0 Å². The maximum atomic E-state index is 12.8. The van der Waals surface area contributed by atoms with E-state index in [4.69, 9.17) is 14.2 Å². The average molecular weight is 423 g/mol. The predicted molar refractivity (Wildman–Crippen MR) is 105 cm³/mol. The minimum Gasteiger partial charge on any atom is -0.461 e. The summed E-state index contributed by atoms with van der Waals surface area (Å²) in [5, 5.41) is 14.3. The molecule has 0 radical (unpaired) electrons. The van der Waals surface area contributed by atoms with E-state index in [1.807, 2.05) is 6.92 Å². The van der Waals surface area contributed by atoms with Crippen LogP contribution in [0.2, 0.25) is 0 Å². The lowest BCUT2D eigenvalue weighted by molar-refractivity contribution is -0.385. The first kappa shape index (κ1) is 20.8. The Morgan fingerprint density at radius 2 is 2.10 bits per heavy atom. The van der Waals surface area contributed by atoms with Crippen LogP contribution in [0.15, 0.2) is 23.4 Å². The Hall–Kier alpha value is -2.95. The van der Waals surface area contributed by atoms with Crippen molar-refractivity contribution in [2.75, 3.05) is 32.0 Å². The molecule has 1 N–H and O–H groups in total. The first-order chi connectivity index (χ1) is 13.8. The lowest BCUT2D eigenvalue weighted by Gasteiger charge is -2.33. The summed E-state index contributed by atoms with van der Waals surface area (Å²) in [5.74, 6) is 1.43. The Labute approximate surface area is 171 Å². The van der Waals surface area contributed by atoms with Crippen LogP contribution in [0.5, 0.6) is 11.5 Å². The largest absolute Gasteiger partial charge is 0.461 e. The second kappa shape index (κ2) is 8.60. The van der Waals surface area contributed by atoms with Gasteiger partial charge in [-0.2, -0.15) is 11.8 Å². The summed E-state index contributed by atoms with van der Waals surface area (Å²) < 4.78 is 15.9. The minimum atomic E-state index is -1.06. The number of allylic oxidation sites excluding steroid dienone is 1. The van der Waals surface area contributed by atoms with Crippen molar-refractivity contribution in [3.63, 3.8) is 0 Å². The van der Waals surface area contributed by atoms with Crippen molar-refractivity contribution in [2.45, 2.75) is 19.9 Å². The number of nitro benzene ring substituents is 1. The Bertz CT molecular complexity index is 886. The zero-order chi connectivity index (χ0) is 21.1. The number of nitro groups is 1. The molecule has 1 unspecified atom stereocenters. The van der Waals surface area contributed by atoms with Gasteiger partial charge in [0.25, 0.3) is 5.69 Å². The van der Waals surface area contributed by atoms with E-state index in [0.29, 0.717) is 17.2 Å². The van der Waals surface area contributed by atoms with Crippen molar-refractivity contribution < 1.29 is 28.7 Å².